The van der Waals surface area contributed by atoms with Gasteiger partial charge in [-0.25, -0.2) is 9.97 Å². The molecule has 2 aromatic heterocycles. The first-order chi connectivity index (χ1) is 9.78. The van der Waals surface area contributed by atoms with Crippen molar-refractivity contribution >= 4 is 16.9 Å². The lowest BCUT2D eigenvalue weighted by atomic mass is 10.2. The van der Waals surface area contributed by atoms with Crippen molar-refractivity contribution in [1.82, 2.24) is 14.5 Å². The maximum Gasteiger partial charge on any atom is 0.123 e. The Bertz CT molecular complexity index is 713. The van der Waals surface area contributed by atoms with E-state index < -0.39 is 0 Å². The zero-order valence-electron chi connectivity index (χ0n) is 11.6. The summed E-state index contributed by atoms with van der Waals surface area (Å²) in [6, 6.07) is 12.1. The lowest BCUT2D eigenvalue weighted by molar-refractivity contribution is 0.664. The van der Waals surface area contributed by atoms with Gasteiger partial charge >= 0.3 is 0 Å². The quantitative estimate of drug-likeness (QED) is 0.789. The second-order valence-corrected chi connectivity index (χ2v) is 4.94. The Morgan fingerprint density at radius 2 is 2.00 bits per heavy atom. The first kappa shape index (κ1) is 12.7. The molecule has 102 valence electrons. The fraction of sp³-hybridized carbons (Fsp3) is 0.250. The van der Waals surface area contributed by atoms with E-state index in [1.807, 2.05) is 24.4 Å². The van der Waals surface area contributed by atoms with Crippen LogP contribution in [0.1, 0.15) is 24.7 Å². The van der Waals surface area contributed by atoms with E-state index in [1.54, 1.807) is 0 Å². The summed E-state index contributed by atoms with van der Waals surface area (Å²) in [5.41, 5.74) is 9.01. The van der Waals surface area contributed by atoms with E-state index in [1.165, 1.54) is 5.52 Å². The summed E-state index contributed by atoms with van der Waals surface area (Å²) >= 11 is 0. The number of nitrogens with two attached hydrogens (primary N) is 1. The van der Waals surface area contributed by atoms with Gasteiger partial charge in [0, 0.05) is 19.2 Å². The number of nitrogen functional groups attached to an aromatic ring is 1. The predicted molar refractivity (Wildman–Crippen MR) is 81.5 cm³/mol. The molecule has 20 heavy (non-hydrogen) atoms. The zero-order chi connectivity index (χ0) is 13.9. The van der Waals surface area contributed by atoms with E-state index in [0.717, 1.165) is 36.3 Å². The second-order valence-electron chi connectivity index (χ2n) is 4.94. The number of nitrogens with zero attached hydrogens (tertiary/aromatic N) is 3. The van der Waals surface area contributed by atoms with Gasteiger partial charge in [0.25, 0.3) is 0 Å². The third-order valence-corrected chi connectivity index (χ3v) is 3.39. The van der Waals surface area contributed by atoms with E-state index in [-0.39, 0.29) is 0 Å². The molecule has 4 nitrogen and oxygen atoms in total. The van der Waals surface area contributed by atoms with Gasteiger partial charge in [0.2, 0.25) is 0 Å². The highest BCUT2D eigenvalue weighted by Gasteiger charge is 2.10. The molecule has 0 fully saturated rings. The van der Waals surface area contributed by atoms with Crippen LogP contribution in [0.4, 0.5) is 5.82 Å². The van der Waals surface area contributed by atoms with Gasteiger partial charge in [-0.2, -0.15) is 0 Å². The van der Waals surface area contributed by atoms with Gasteiger partial charge < -0.3 is 10.3 Å². The zero-order valence-corrected chi connectivity index (χ0v) is 11.6. The third kappa shape index (κ3) is 2.37. The summed E-state index contributed by atoms with van der Waals surface area (Å²) in [7, 11) is 0. The molecule has 0 aliphatic rings. The van der Waals surface area contributed by atoms with Crippen LogP contribution in [0.2, 0.25) is 0 Å². The van der Waals surface area contributed by atoms with Crippen molar-refractivity contribution in [2.45, 2.75) is 26.3 Å². The molecule has 0 atom stereocenters. The molecule has 2 N–H and O–H groups in total. The summed E-state index contributed by atoms with van der Waals surface area (Å²) < 4.78 is 2.30. The molecule has 0 spiro atoms. The van der Waals surface area contributed by atoms with Crippen molar-refractivity contribution in [2.75, 3.05) is 5.73 Å². The average molecular weight is 266 g/mol. The van der Waals surface area contributed by atoms with Crippen LogP contribution in [0.15, 0.2) is 42.6 Å². The average Bonchev–Trinajstić information content (AvgIpc) is 2.80. The molecule has 3 rings (SSSR count). The summed E-state index contributed by atoms with van der Waals surface area (Å²) in [4.78, 5) is 8.90. The number of imidazole rings is 1. The molecule has 0 saturated carbocycles. The van der Waals surface area contributed by atoms with Gasteiger partial charge in [-0.1, -0.05) is 25.1 Å². The standard InChI is InChI=1S/C16H18N4/c1-2-9-20-14-6-4-3-5-13(14)19-16(20)10-12-7-8-15(17)18-11-12/h3-8,11H,2,9-10H2,1H3,(H2,17,18). The number of para-hydroxylation sites is 2. The van der Waals surface area contributed by atoms with Gasteiger partial charge in [-0.15, -0.1) is 0 Å². The molecule has 0 saturated heterocycles. The molecular weight excluding hydrogens is 248 g/mol. The largest absolute Gasteiger partial charge is 0.384 e. The second kappa shape index (κ2) is 5.33. The van der Waals surface area contributed by atoms with Gasteiger partial charge in [-0.3, -0.25) is 0 Å². The fourth-order valence-electron chi connectivity index (χ4n) is 2.46. The highest BCUT2D eigenvalue weighted by atomic mass is 15.1. The van der Waals surface area contributed by atoms with Crippen molar-refractivity contribution in [1.29, 1.82) is 0 Å². The lowest BCUT2D eigenvalue weighted by Crippen LogP contribution is -2.04. The van der Waals surface area contributed by atoms with E-state index in [9.17, 15) is 0 Å². The van der Waals surface area contributed by atoms with Crippen molar-refractivity contribution in [2.24, 2.45) is 0 Å². The molecular formula is C16H18N4. The predicted octanol–water partition coefficient (Wildman–Crippen LogP) is 3.01. The SMILES string of the molecule is CCCn1c(Cc2ccc(N)nc2)nc2ccccc21. The van der Waals surface area contributed by atoms with Crippen LogP contribution in [0.25, 0.3) is 11.0 Å². The minimum atomic E-state index is 0.552. The molecule has 0 amide bonds. The Kier molecular flexibility index (Phi) is 3.37. The number of anilines is 1. The number of aryl methyl sites for hydroxylation is 1. The molecule has 0 aliphatic heterocycles. The van der Waals surface area contributed by atoms with Gasteiger partial charge in [-0.05, 0) is 30.2 Å². The van der Waals surface area contributed by atoms with Crippen LogP contribution < -0.4 is 5.73 Å². The maximum absolute atomic E-state index is 5.63. The van der Waals surface area contributed by atoms with E-state index in [2.05, 4.69) is 34.7 Å². The van der Waals surface area contributed by atoms with E-state index in [0.29, 0.717) is 5.82 Å². The summed E-state index contributed by atoms with van der Waals surface area (Å²) in [5.74, 6) is 1.63. The first-order valence-electron chi connectivity index (χ1n) is 6.92. The molecule has 0 bridgehead atoms. The monoisotopic (exact) mass is 266 g/mol. The van der Waals surface area contributed by atoms with Crippen molar-refractivity contribution < 1.29 is 0 Å². The third-order valence-electron chi connectivity index (χ3n) is 3.39. The maximum atomic E-state index is 5.63. The van der Waals surface area contributed by atoms with Crippen LogP contribution in [-0.2, 0) is 13.0 Å². The molecule has 0 aliphatic carbocycles. The highest BCUT2D eigenvalue weighted by Crippen LogP contribution is 2.19. The van der Waals surface area contributed by atoms with Gasteiger partial charge in [0.05, 0.1) is 11.0 Å². The lowest BCUT2D eigenvalue weighted by Gasteiger charge is -2.07. The topological polar surface area (TPSA) is 56.7 Å². The molecule has 4 heteroatoms. The number of benzene rings is 1. The van der Waals surface area contributed by atoms with Gasteiger partial charge in [0.1, 0.15) is 11.6 Å². The summed E-state index contributed by atoms with van der Waals surface area (Å²) in [6.07, 6.45) is 3.69. The Hall–Kier alpha value is -2.36. The fourth-order valence-corrected chi connectivity index (χ4v) is 2.46. The van der Waals surface area contributed by atoms with Crippen LogP contribution in [-0.4, -0.2) is 14.5 Å². The number of hydrogen-bond acceptors (Lipinski definition) is 3. The molecule has 1 aromatic carbocycles. The van der Waals surface area contributed by atoms with Crippen LogP contribution in [0.3, 0.4) is 0 Å². The number of rotatable bonds is 4. The Morgan fingerprint density at radius 3 is 2.75 bits per heavy atom. The molecule has 2 heterocycles. The van der Waals surface area contributed by atoms with Crippen molar-refractivity contribution in [3.05, 3.63) is 54.0 Å². The minimum absolute atomic E-state index is 0.552. The minimum Gasteiger partial charge on any atom is -0.384 e. The smallest absolute Gasteiger partial charge is 0.123 e. The van der Waals surface area contributed by atoms with Gasteiger partial charge in [0.15, 0.2) is 0 Å². The Labute approximate surface area is 118 Å². The number of pyridine rings is 1. The molecule has 0 unspecified atom stereocenters. The normalized spacial score (nSPS) is 11.1. The van der Waals surface area contributed by atoms with E-state index in [4.69, 9.17) is 10.7 Å². The molecule has 3 aromatic rings. The highest BCUT2D eigenvalue weighted by molar-refractivity contribution is 5.76. The molecule has 0 radical (unpaired) electrons. The van der Waals surface area contributed by atoms with Crippen molar-refractivity contribution in [3.63, 3.8) is 0 Å². The van der Waals surface area contributed by atoms with Crippen LogP contribution >= 0.6 is 0 Å². The number of hydrogen-bond donors (Lipinski definition) is 1. The van der Waals surface area contributed by atoms with E-state index >= 15 is 0 Å². The first-order valence-corrected chi connectivity index (χ1v) is 6.92. The number of fused-ring (bicyclic) bond motifs is 1. The van der Waals surface area contributed by atoms with Crippen LogP contribution in [0.5, 0.6) is 0 Å². The van der Waals surface area contributed by atoms with Crippen molar-refractivity contribution in [3.8, 4) is 0 Å². The Morgan fingerprint density at radius 1 is 1.15 bits per heavy atom. The summed E-state index contributed by atoms with van der Waals surface area (Å²) in [5, 5.41) is 0. The summed E-state index contributed by atoms with van der Waals surface area (Å²) in [6.45, 7) is 3.17. The Balaban J connectivity index is 2.01. The van der Waals surface area contributed by atoms with Crippen LogP contribution in [0, 0.1) is 0 Å². The number of aromatic nitrogens is 3.